The molecule has 25 heavy (non-hydrogen) atoms. The Morgan fingerprint density at radius 2 is 1.92 bits per heavy atom. The van der Waals surface area contributed by atoms with E-state index in [1.165, 1.54) is 23.3 Å². The normalized spacial score (nSPS) is 15.2. The fourth-order valence-electron chi connectivity index (χ4n) is 3.41. The Morgan fingerprint density at radius 3 is 2.60 bits per heavy atom. The number of nitrogens with zero attached hydrogens (tertiary/aromatic N) is 1. The molecule has 3 rings (SSSR count). The highest BCUT2D eigenvalue weighted by atomic mass is 16.5. The first-order chi connectivity index (χ1) is 12.1. The van der Waals surface area contributed by atoms with Crippen molar-refractivity contribution in [3.63, 3.8) is 0 Å². The lowest BCUT2D eigenvalue weighted by Gasteiger charge is -2.34. The number of hydrogen-bond donors (Lipinski definition) is 2. The molecule has 0 spiro atoms. The van der Waals surface area contributed by atoms with E-state index in [1.807, 2.05) is 6.07 Å². The van der Waals surface area contributed by atoms with Gasteiger partial charge in [-0.25, -0.2) is 4.79 Å². The first-order valence-electron chi connectivity index (χ1n) is 8.63. The van der Waals surface area contributed by atoms with Crippen molar-refractivity contribution in [2.75, 3.05) is 38.2 Å². The van der Waals surface area contributed by atoms with Crippen LogP contribution in [0.3, 0.4) is 0 Å². The molecule has 2 aromatic rings. The number of aromatic hydroxyl groups is 1. The number of methoxy groups -OCH3 is 1. The third-order valence-electron chi connectivity index (χ3n) is 4.85. The molecule has 0 radical (unpaired) electrons. The maximum atomic E-state index is 11.7. The molecular weight excluding hydrogens is 316 g/mol. The Kier molecular flexibility index (Phi) is 5.24. The van der Waals surface area contributed by atoms with Gasteiger partial charge in [0.05, 0.1) is 33.3 Å². The molecule has 1 fully saturated rings. The summed E-state index contributed by atoms with van der Waals surface area (Å²) in [5.41, 5.74) is 3.90. The first-order valence-corrected chi connectivity index (χ1v) is 8.63. The van der Waals surface area contributed by atoms with Crippen LogP contribution in [-0.2, 0) is 11.3 Å². The summed E-state index contributed by atoms with van der Waals surface area (Å²) in [6, 6.07) is 13.7. The quantitative estimate of drug-likeness (QED) is 0.826. The van der Waals surface area contributed by atoms with E-state index < -0.39 is 5.97 Å². The number of esters is 1. The minimum atomic E-state index is -0.501. The zero-order chi connectivity index (χ0) is 17.8. The lowest BCUT2D eigenvalue weighted by atomic mass is 10.1. The summed E-state index contributed by atoms with van der Waals surface area (Å²) in [5.74, 6) is -0.534. The van der Waals surface area contributed by atoms with Crippen LogP contribution in [0.1, 0.15) is 21.5 Å². The second-order valence-electron chi connectivity index (χ2n) is 6.54. The number of hydrogen-bond acceptors (Lipinski definition) is 4. The standard InChI is InChI=1S/C20H24N2O3/c1-15-5-3-4-6-18(15)22-11-9-21(10-12-22)14-16-7-8-19(23)17(13-16)20(24)25-2/h3-8,13,23H,9-12,14H2,1-2H3/p+1. The van der Waals surface area contributed by atoms with Crippen LogP contribution in [0.2, 0.25) is 0 Å². The first kappa shape index (κ1) is 17.3. The Labute approximate surface area is 148 Å². The number of nitrogens with one attached hydrogen (secondary N) is 1. The van der Waals surface area contributed by atoms with Gasteiger partial charge in [0.2, 0.25) is 0 Å². The smallest absolute Gasteiger partial charge is 0.341 e. The van der Waals surface area contributed by atoms with E-state index in [4.69, 9.17) is 4.74 Å². The number of benzene rings is 2. The molecule has 0 aliphatic carbocycles. The van der Waals surface area contributed by atoms with E-state index >= 15 is 0 Å². The van der Waals surface area contributed by atoms with Crippen molar-refractivity contribution in [3.05, 3.63) is 59.2 Å². The van der Waals surface area contributed by atoms with Gasteiger partial charge in [0.1, 0.15) is 17.9 Å². The van der Waals surface area contributed by atoms with Crippen molar-refractivity contribution in [3.8, 4) is 5.75 Å². The van der Waals surface area contributed by atoms with E-state index in [0.29, 0.717) is 0 Å². The lowest BCUT2D eigenvalue weighted by Crippen LogP contribution is -3.13. The van der Waals surface area contributed by atoms with Gasteiger partial charge in [-0.15, -0.1) is 0 Å². The number of para-hydroxylation sites is 1. The van der Waals surface area contributed by atoms with Gasteiger partial charge in [0.25, 0.3) is 0 Å². The third kappa shape index (κ3) is 3.94. The molecule has 5 nitrogen and oxygen atoms in total. The number of aryl methyl sites for hydroxylation is 1. The van der Waals surface area contributed by atoms with E-state index in [1.54, 1.807) is 12.1 Å². The van der Waals surface area contributed by atoms with E-state index in [-0.39, 0.29) is 11.3 Å². The second-order valence-corrected chi connectivity index (χ2v) is 6.54. The molecule has 1 heterocycles. The summed E-state index contributed by atoms with van der Waals surface area (Å²) in [5, 5.41) is 9.81. The van der Waals surface area contributed by atoms with Gasteiger partial charge in [-0.05, 0) is 36.8 Å². The summed E-state index contributed by atoms with van der Waals surface area (Å²) in [4.78, 5) is 15.6. The number of piperazine rings is 1. The van der Waals surface area contributed by atoms with Crippen LogP contribution < -0.4 is 9.80 Å². The molecule has 1 aliphatic heterocycles. The number of phenolic OH excluding ortho intramolecular Hbond substituents is 1. The van der Waals surface area contributed by atoms with Crippen molar-refractivity contribution in [2.24, 2.45) is 0 Å². The average Bonchev–Trinajstić information content (AvgIpc) is 2.64. The van der Waals surface area contributed by atoms with Crippen LogP contribution in [-0.4, -0.2) is 44.4 Å². The molecule has 0 bridgehead atoms. The zero-order valence-corrected chi connectivity index (χ0v) is 14.8. The average molecular weight is 341 g/mol. The fourth-order valence-corrected chi connectivity index (χ4v) is 3.41. The number of carbonyl (C=O) groups is 1. The molecule has 5 heteroatoms. The topological polar surface area (TPSA) is 54.2 Å². The molecule has 0 saturated carbocycles. The zero-order valence-electron chi connectivity index (χ0n) is 14.8. The molecule has 132 valence electrons. The van der Waals surface area contributed by atoms with Crippen molar-refractivity contribution < 1.29 is 19.5 Å². The maximum Gasteiger partial charge on any atom is 0.341 e. The third-order valence-corrected chi connectivity index (χ3v) is 4.85. The van der Waals surface area contributed by atoms with Gasteiger partial charge in [-0.2, -0.15) is 0 Å². The van der Waals surface area contributed by atoms with Gasteiger partial charge < -0.3 is 19.6 Å². The molecular formula is C20H25N2O3+. The molecule has 0 aromatic heterocycles. The van der Waals surface area contributed by atoms with Gasteiger partial charge >= 0.3 is 5.97 Å². The minimum Gasteiger partial charge on any atom is -0.507 e. The summed E-state index contributed by atoms with van der Waals surface area (Å²) in [7, 11) is 1.32. The monoisotopic (exact) mass is 341 g/mol. The molecule has 0 amide bonds. The summed E-state index contributed by atoms with van der Waals surface area (Å²) in [6.45, 7) is 7.11. The van der Waals surface area contributed by atoms with Gasteiger partial charge in [-0.3, -0.25) is 0 Å². The van der Waals surface area contributed by atoms with Crippen LogP contribution in [0, 0.1) is 6.92 Å². The van der Waals surface area contributed by atoms with Gasteiger partial charge in [0, 0.05) is 11.3 Å². The van der Waals surface area contributed by atoms with E-state index in [0.717, 1.165) is 38.3 Å². The van der Waals surface area contributed by atoms with Crippen LogP contribution >= 0.6 is 0 Å². The second kappa shape index (κ2) is 7.57. The highest BCUT2D eigenvalue weighted by molar-refractivity contribution is 5.92. The molecule has 1 aliphatic rings. The van der Waals surface area contributed by atoms with E-state index in [2.05, 4.69) is 36.1 Å². The Hall–Kier alpha value is -2.53. The number of ether oxygens (including phenoxy) is 1. The van der Waals surface area contributed by atoms with Crippen molar-refractivity contribution in [1.29, 1.82) is 0 Å². The Bertz CT molecular complexity index is 752. The van der Waals surface area contributed by atoms with Crippen molar-refractivity contribution in [1.82, 2.24) is 0 Å². The predicted octanol–water partition coefficient (Wildman–Crippen LogP) is 1.39. The van der Waals surface area contributed by atoms with Gasteiger partial charge in [-0.1, -0.05) is 18.2 Å². The van der Waals surface area contributed by atoms with E-state index in [9.17, 15) is 9.90 Å². The number of quaternary nitrogens is 1. The lowest BCUT2D eigenvalue weighted by molar-refractivity contribution is -0.914. The van der Waals surface area contributed by atoms with Crippen LogP contribution in [0.15, 0.2) is 42.5 Å². The Balaban J connectivity index is 1.63. The molecule has 2 aromatic carbocycles. The largest absolute Gasteiger partial charge is 0.507 e. The summed E-state index contributed by atoms with van der Waals surface area (Å²) < 4.78 is 4.72. The minimum absolute atomic E-state index is 0.0324. The number of anilines is 1. The van der Waals surface area contributed by atoms with Crippen LogP contribution in [0.4, 0.5) is 5.69 Å². The molecule has 0 atom stereocenters. The maximum absolute atomic E-state index is 11.7. The highest BCUT2D eigenvalue weighted by Gasteiger charge is 2.22. The van der Waals surface area contributed by atoms with Crippen LogP contribution in [0.5, 0.6) is 5.75 Å². The molecule has 1 saturated heterocycles. The predicted molar refractivity (Wildman–Crippen MR) is 97.2 cm³/mol. The molecule has 2 N–H and O–H groups in total. The highest BCUT2D eigenvalue weighted by Crippen LogP contribution is 2.20. The number of phenols is 1. The SMILES string of the molecule is COC(=O)c1cc(C[NH+]2CCN(c3ccccc3C)CC2)ccc1O. The number of rotatable bonds is 4. The van der Waals surface area contributed by atoms with Gasteiger partial charge in [0.15, 0.2) is 0 Å². The summed E-state index contributed by atoms with van der Waals surface area (Å²) >= 11 is 0. The van der Waals surface area contributed by atoms with Crippen molar-refractivity contribution >= 4 is 11.7 Å². The Morgan fingerprint density at radius 1 is 1.20 bits per heavy atom. The number of carbonyl (C=O) groups excluding carboxylic acids is 1. The van der Waals surface area contributed by atoms with Crippen molar-refractivity contribution in [2.45, 2.75) is 13.5 Å². The fraction of sp³-hybridized carbons (Fsp3) is 0.350. The summed E-state index contributed by atoms with van der Waals surface area (Å²) in [6.07, 6.45) is 0. The van der Waals surface area contributed by atoms with Crippen LogP contribution in [0.25, 0.3) is 0 Å². The molecule has 0 unspecified atom stereocenters.